The molecule has 3 rings (SSSR count). The third kappa shape index (κ3) is 3.60. The lowest BCUT2D eigenvalue weighted by molar-refractivity contribution is 0.138. The first-order valence-corrected chi connectivity index (χ1v) is 7.95. The van der Waals surface area contributed by atoms with E-state index in [0.717, 1.165) is 18.6 Å². The Morgan fingerprint density at radius 2 is 2.14 bits per heavy atom. The van der Waals surface area contributed by atoms with Crippen molar-refractivity contribution in [1.82, 2.24) is 14.8 Å². The van der Waals surface area contributed by atoms with Gasteiger partial charge in [0.1, 0.15) is 0 Å². The van der Waals surface area contributed by atoms with E-state index < -0.39 is 0 Å². The van der Waals surface area contributed by atoms with Gasteiger partial charge in [-0.15, -0.1) is 0 Å². The molecular weight excluding hydrogens is 258 g/mol. The van der Waals surface area contributed by atoms with Crippen LogP contribution >= 0.6 is 0 Å². The maximum absolute atomic E-state index is 4.56. The van der Waals surface area contributed by atoms with Crippen molar-refractivity contribution >= 4 is 10.9 Å². The van der Waals surface area contributed by atoms with Crippen LogP contribution in [0.5, 0.6) is 0 Å². The van der Waals surface area contributed by atoms with Gasteiger partial charge in [-0.3, -0.25) is 4.98 Å². The molecule has 2 aromatic rings. The molecule has 0 aliphatic carbocycles. The van der Waals surface area contributed by atoms with Crippen molar-refractivity contribution in [2.45, 2.75) is 31.8 Å². The van der Waals surface area contributed by atoms with E-state index in [2.05, 4.69) is 53.1 Å². The third-order valence-corrected chi connectivity index (χ3v) is 4.54. The maximum atomic E-state index is 4.56. The van der Waals surface area contributed by atoms with Crippen LogP contribution in [0.2, 0.25) is 0 Å². The second-order valence-corrected chi connectivity index (χ2v) is 6.36. The Balaban J connectivity index is 1.64. The van der Waals surface area contributed by atoms with Gasteiger partial charge in [-0.1, -0.05) is 24.6 Å². The van der Waals surface area contributed by atoms with Crippen molar-refractivity contribution in [3.05, 3.63) is 42.1 Å². The summed E-state index contributed by atoms with van der Waals surface area (Å²) >= 11 is 0. The molecule has 3 heteroatoms. The molecule has 1 unspecified atom stereocenters. The lowest BCUT2D eigenvalue weighted by Gasteiger charge is -2.35. The fourth-order valence-corrected chi connectivity index (χ4v) is 3.31. The Labute approximate surface area is 127 Å². The molecule has 1 aromatic carbocycles. The molecule has 0 amide bonds. The fraction of sp³-hybridized carbons (Fsp3) is 0.500. The first kappa shape index (κ1) is 14.5. The van der Waals surface area contributed by atoms with E-state index in [9.17, 15) is 0 Å². The molecular formula is C18H25N3. The largest absolute Gasteiger partial charge is 0.302 e. The first-order chi connectivity index (χ1) is 10.2. The molecule has 0 saturated carbocycles. The van der Waals surface area contributed by atoms with Crippen LogP contribution in [0, 0.1) is 0 Å². The number of likely N-dealkylation sites (tertiary alicyclic amines) is 1. The molecule has 0 radical (unpaired) electrons. The number of para-hydroxylation sites is 1. The highest BCUT2D eigenvalue weighted by Crippen LogP contribution is 2.17. The van der Waals surface area contributed by atoms with Gasteiger partial charge >= 0.3 is 0 Å². The van der Waals surface area contributed by atoms with Gasteiger partial charge in [0.15, 0.2) is 0 Å². The maximum Gasteiger partial charge on any atom is 0.0702 e. The highest BCUT2D eigenvalue weighted by Gasteiger charge is 2.20. The van der Waals surface area contributed by atoms with E-state index in [0.29, 0.717) is 6.04 Å². The number of pyridine rings is 1. The summed E-state index contributed by atoms with van der Waals surface area (Å²) in [5.74, 6) is 0. The van der Waals surface area contributed by atoms with Gasteiger partial charge in [-0.2, -0.15) is 0 Å². The van der Waals surface area contributed by atoms with Gasteiger partial charge in [0.2, 0.25) is 0 Å². The van der Waals surface area contributed by atoms with Crippen LogP contribution < -0.4 is 0 Å². The average Bonchev–Trinajstić information content (AvgIpc) is 2.49. The Morgan fingerprint density at radius 1 is 1.29 bits per heavy atom. The Hall–Kier alpha value is -1.45. The molecule has 1 aliphatic heterocycles. The minimum absolute atomic E-state index is 0.706. The Kier molecular flexibility index (Phi) is 4.51. The molecule has 1 aromatic heterocycles. The number of piperidine rings is 1. The van der Waals surface area contributed by atoms with Crippen molar-refractivity contribution in [1.29, 1.82) is 0 Å². The zero-order valence-electron chi connectivity index (χ0n) is 13.1. The molecule has 1 aliphatic rings. The molecule has 1 saturated heterocycles. The van der Waals surface area contributed by atoms with Crippen molar-refractivity contribution < 1.29 is 0 Å². The predicted octanol–water partition coefficient (Wildman–Crippen LogP) is 3.15. The second-order valence-electron chi connectivity index (χ2n) is 6.36. The minimum Gasteiger partial charge on any atom is -0.302 e. The summed E-state index contributed by atoms with van der Waals surface area (Å²) in [6.07, 6.45) is 6.08. The molecule has 0 N–H and O–H groups in total. The average molecular weight is 283 g/mol. The number of aromatic nitrogens is 1. The zero-order valence-corrected chi connectivity index (χ0v) is 13.1. The predicted molar refractivity (Wildman–Crippen MR) is 88.3 cm³/mol. The normalized spacial score (nSPS) is 20.2. The van der Waals surface area contributed by atoms with E-state index in [1.165, 1.54) is 36.8 Å². The SMILES string of the molecule is CN(Cc1cnc2ccccc2c1)CC1CCCCN1C. The molecule has 3 nitrogen and oxygen atoms in total. The van der Waals surface area contributed by atoms with Crippen molar-refractivity contribution in [3.63, 3.8) is 0 Å². The van der Waals surface area contributed by atoms with Crippen LogP contribution in [0.15, 0.2) is 36.5 Å². The van der Waals surface area contributed by atoms with Gasteiger partial charge in [0.25, 0.3) is 0 Å². The summed E-state index contributed by atoms with van der Waals surface area (Å²) in [6, 6.07) is 11.3. The van der Waals surface area contributed by atoms with Crippen LogP contribution in [-0.4, -0.2) is 48.0 Å². The van der Waals surface area contributed by atoms with Crippen LogP contribution in [0.4, 0.5) is 0 Å². The van der Waals surface area contributed by atoms with Gasteiger partial charge in [-0.05, 0) is 51.2 Å². The topological polar surface area (TPSA) is 19.4 Å². The van der Waals surface area contributed by atoms with Gasteiger partial charge in [-0.25, -0.2) is 0 Å². The first-order valence-electron chi connectivity index (χ1n) is 7.95. The number of fused-ring (bicyclic) bond motifs is 1. The molecule has 0 spiro atoms. The van der Waals surface area contributed by atoms with Crippen LogP contribution in [0.25, 0.3) is 10.9 Å². The third-order valence-electron chi connectivity index (χ3n) is 4.54. The lowest BCUT2D eigenvalue weighted by atomic mass is 10.0. The lowest BCUT2D eigenvalue weighted by Crippen LogP contribution is -2.43. The Morgan fingerprint density at radius 3 is 3.00 bits per heavy atom. The summed E-state index contributed by atoms with van der Waals surface area (Å²) in [5.41, 5.74) is 2.38. The zero-order chi connectivity index (χ0) is 14.7. The van der Waals surface area contributed by atoms with Crippen molar-refractivity contribution in [2.75, 3.05) is 27.2 Å². The molecule has 1 fully saturated rings. The second kappa shape index (κ2) is 6.54. The molecule has 112 valence electrons. The van der Waals surface area contributed by atoms with E-state index in [1.807, 2.05) is 12.3 Å². The van der Waals surface area contributed by atoms with Crippen molar-refractivity contribution in [2.24, 2.45) is 0 Å². The van der Waals surface area contributed by atoms with Gasteiger partial charge < -0.3 is 9.80 Å². The Bertz CT molecular complexity index is 596. The number of rotatable bonds is 4. The van der Waals surface area contributed by atoms with Crippen LogP contribution in [-0.2, 0) is 6.54 Å². The van der Waals surface area contributed by atoms with Crippen LogP contribution in [0.3, 0.4) is 0 Å². The summed E-state index contributed by atoms with van der Waals surface area (Å²) in [5, 5.41) is 1.23. The standard InChI is InChI=1S/C18H25N3/c1-20(14-17-8-5-6-10-21(17)2)13-15-11-16-7-3-4-9-18(16)19-12-15/h3-4,7,9,11-12,17H,5-6,8,10,13-14H2,1-2H3. The molecule has 2 heterocycles. The number of benzene rings is 1. The van der Waals surface area contributed by atoms with E-state index in [4.69, 9.17) is 0 Å². The van der Waals surface area contributed by atoms with Gasteiger partial charge in [0.05, 0.1) is 5.52 Å². The number of likely N-dealkylation sites (N-methyl/N-ethyl adjacent to an activating group) is 2. The molecule has 0 bridgehead atoms. The van der Waals surface area contributed by atoms with E-state index in [1.54, 1.807) is 0 Å². The van der Waals surface area contributed by atoms with E-state index in [-0.39, 0.29) is 0 Å². The number of hydrogen-bond acceptors (Lipinski definition) is 3. The quantitative estimate of drug-likeness (QED) is 0.859. The minimum atomic E-state index is 0.706. The smallest absolute Gasteiger partial charge is 0.0702 e. The highest BCUT2D eigenvalue weighted by molar-refractivity contribution is 5.78. The number of hydrogen-bond donors (Lipinski definition) is 0. The van der Waals surface area contributed by atoms with Gasteiger partial charge in [0, 0.05) is 30.7 Å². The summed E-state index contributed by atoms with van der Waals surface area (Å²) < 4.78 is 0. The summed E-state index contributed by atoms with van der Waals surface area (Å²) in [4.78, 5) is 9.50. The van der Waals surface area contributed by atoms with E-state index >= 15 is 0 Å². The van der Waals surface area contributed by atoms with Crippen LogP contribution in [0.1, 0.15) is 24.8 Å². The molecule has 1 atom stereocenters. The fourth-order valence-electron chi connectivity index (χ4n) is 3.31. The summed E-state index contributed by atoms with van der Waals surface area (Å²) in [7, 11) is 4.48. The summed E-state index contributed by atoms with van der Waals surface area (Å²) in [6.45, 7) is 3.36. The highest BCUT2D eigenvalue weighted by atomic mass is 15.2. The number of nitrogens with zero attached hydrogens (tertiary/aromatic N) is 3. The molecule has 21 heavy (non-hydrogen) atoms. The van der Waals surface area contributed by atoms with Crippen molar-refractivity contribution in [3.8, 4) is 0 Å². The monoisotopic (exact) mass is 283 g/mol.